The lowest BCUT2D eigenvalue weighted by molar-refractivity contribution is 0.0956. The van der Waals surface area contributed by atoms with Crippen LogP contribution in [0.1, 0.15) is 9.67 Å². The van der Waals surface area contributed by atoms with Crippen molar-refractivity contribution >= 4 is 34.5 Å². The molecule has 0 atom stereocenters. The molecule has 0 aliphatic rings. The first-order valence-electron chi connectivity index (χ1n) is 7.32. The van der Waals surface area contributed by atoms with E-state index < -0.39 is 0 Å². The molecule has 0 saturated heterocycles. The zero-order chi connectivity index (χ0) is 16.5. The number of imidazole rings is 1. The van der Waals surface area contributed by atoms with Crippen LogP contribution in [0.3, 0.4) is 0 Å². The first-order valence-corrected chi connectivity index (χ1v) is 8.52. The van der Waals surface area contributed by atoms with Crippen LogP contribution in [-0.4, -0.2) is 26.6 Å². The Balaban J connectivity index is 1.44. The van der Waals surface area contributed by atoms with Crippen molar-refractivity contribution in [3.63, 3.8) is 0 Å². The summed E-state index contributed by atoms with van der Waals surface area (Å²) >= 11 is 7.12. The average Bonchev–Trinajstić information content (AvgIpc) is 3.31. The quantitative estimate of drug-likeness (QED) is 0.592. The van der Waals surface area contributed by atoms with Crippen LogP contribution in [0.2, 0.25) is 4.34 Å². The summed E-state index contributed by atoms with van der Waals surface area (Å²) in [6.45, 7) is 1.16. The molecule has 0 aliphatic heterocycles. The zero-order valence-corrected chi connectivity index (χ0v) is 14.0. The van der Waals surface area contributed by atoms with Gasteiger partial charge in [-0.2, -0.15) is 5.10 Å². The number of rotatable bonds is 5. The predicted octanol–water partition coefficient (Wildman–Crippen LogP) is 3.54. The van der Waals surface area contributed by atoms with Gasteiger partial charge in [-0.25, -0.2) is 4.52 Å². The molecule has 0 bridgehead atoms. The van der Waals surface area contributed by atoms with Gasteiger partial charge in [-0.15, -0.1) is 11.3 Å². The molecule has 1 amide bonds. The average molecular weight is 361 g/mol. The van der Waals surface area contributed by atoms with Gasteiger partial charge in [0.1, 0.15) is 11.3 Å². The Morgan fingerprint density at radius 3 is 3.00 bits per heavy atom. The van der Waals surface area contributed by atoms with Gasteiger partial charge in [0.2, 0.25) is 0 Å². The van der Waals surface area contributed by atoms with Crippen LogP contribution in [0.15, 0.2) is 53.4 Å². The van der Waals surface area contributed by atoms with E-state index in [-0.39, 0.29) is 5.91 Å². The lowest BCUT2D eigenvalue weighted by Crippen LogP contribution is -2.26. The maximum atomic E-state index is 12.0. The van der Waals surface area contributed by atoms with E-state index in [1.54, 1.807) is 22.9 Å². The second-order valence-corrected chi connectivity index (χ2v) is 6.88. The molecule has 24 heavy (non-hydrogen) atoms. The van der Waals surface area contributed by atoms with E-state index in [9.17, 15) is 4.79 Å². The summed E-state index contributed by atoms with van der Waals surface area (Å²) in [6.07, 6.45) is 5.44. The summed E-state index contributed by atoms with van der Waals surface area (Å²) in [6, 6.07) is 9.11. The van der Waals surface area contributed by atoms with Gasteiger partial charge in [0.25, 0.3) is 5.91 Å². The number of hydrogen-bond acceptors (Lipinski definition) is 4. The summed E-state index contributed by atoms with van der Waals surface area (Å²) in [7, 11) is 0. The molecule has 6 nitrogen and oxygen atoms in total. The normalized spacial score (nSPS) is 11.2. The van der Waals surface area contributed by atoms with Crippen LogP contribution in [-0.2, 0) is 6.54 Å². The van der Waals surface area contributed by atoms with Crippen LogP contribution < -0.4 is 5.32 Å². The van der Waals surface area contributed by atoms with Crippen molar-refractivity contribution in [3.8, 4) is 11.5 Å². The Morgan fingerprint density at radius 1 is 1.33 bits per heavy atom. The van der Waals surface area contributed by atoms with Gasteiger partial charge in [-0.3, -0.25) is 4.79 Å². The van der Waals surface area contributed by atoms with Gasteiger partial charge in [-0.1, -0.05) is 11.6 Å². The highest BCUT2D eigenvalue weighted by Gasteiger charge is 2.11. The molecule has 0 spiro atoms. The number of aromatic nitrogens is 3. The zero-order valence-electron chi connectivity index (χ0n) is 12.5. The van der Waals surface area contributed by atoms with E-state index in [0.717, 1.165) is 17.1 Å². The summed E-state index contributed by atoms with van der Waals surface area (Å²) in [5.74, 6) is 0.619. The molecule has 0 saturated carbocycles. The van der Waals surface area contributed by atoms with Crippen molar-refractivity contribution in [2.24, 2.45) is 0 Å². The van der Waals surface area contributed by atoms with Crippen LogP contribution in [0, 0.1) is 0 Å². The number of furan rings is 1. The largest absolute Gasteiger partial charge is 0.463 e. The first-order chi connectivity index (χ1) is 11.7. The minimum absolute atomic E-state index is 0.111. The molecule has 122 valence electrons. The minimum atomic E-state index is -0.111. The fourth-order valence-electron chi connectivity index (χ4n) is 2.48. The minimum Gasteiger partial charge on any atom is -0.463 e. The maximum Gasteiger partial charge on any atom is 0.261 e. The molecule has 4 aromatic heterocycles. The molecule has 0 unspecified atom stereocenters. The number of nitrogens with zero attached hydrogens (tertiary/aromatic N) is 3. The van der Waals surface area contributed by atoms with Gasteiger partial charge < -0.3 is 14.3 Å². The van der Waals surface area contributed by atoms with Crippen molar-refractivity contribution in [2.75, 3.05) is 6.54 Å². The Hall–Kier alpha value is -2.51. The number of thiophene rings is 1. The van der Waals surface area contributed by atoms with E-state index in [0.29, 0.717) is 22.3 Å². The number of halogens is 1. The Labute approximate surface area is 146 Å². The standard InChI is InChI=1S/C16H13ClN4O2S/c17-14-4-3-13(24-14)16(22)18-5-6-20-7-8-21-15(20)10-11(19-21)12-2-1-9-23-12/h1-4,7-10H,5-6H2,(H,18,22). The number of amides is 1. The van der Waals surface area contributed by atoms with Crippen LogP contribution in [0.4, 0.5) is 0 Å². The second-order valence-electron chi connectivity index (χ2n) is 5.16. The summed E-state index contributed by atoms with van der Waals surface area (Å²) in [4.78, 5) is 12.6. The topological polar surface area (TPSA) is 64.5 Å². The van der Waals surface area contributed by atoms with Crippen molar-refractivity contribution in [1.82, 2.24) is 19.5 Å². The molecular weight excluding hydrogens is 348 g/mol. The maximum absolute atomic E-state index is 12.0. The number of nitrogens with one attached hydrogen (secondary N) is 1. The molecule has 0 aliphatic carbocycles. The number of carbonyl (C=O) groups excluding carboxylic acids is 1. The number of carbonyl (C=O) groups is 1. The van der Waals surface area contributed by atoms with Crippen LogP contribution in [0.5, 0.6) is 0 Å². The molecular formula is C16H13ClN4O2S. The van der Waals surface area contributed by atoms with E-state index in [2.05, 4.69) is 10.4 Å². The highest BCUT2D eigenvalue weighted by molar-refractivity contribution is 7.17. The van der Waals surface area contributed by atoms with Crippen LogP contribution in [0.25, 0.3) is 17.1 Å². The highest BCUT2D eigenvalue weighted by atomic mass is 35.5. The molecule has 4 aromatic rings. The fraction of sp³-hybridized carbons (Fsp3) is 0.125. The fourth-order valence-corrected chi connectivity index (χ4v) is 3.44. The monoisotopic (exact) mass is 360 g/mol. The third-order valence-electron chi connectivity index (χ3n) is 3.61. The first kappa shape index (κ1) is 15.0. The molecule has 0 fully saturated rings. The summed E-state index contributed by atoms with van der Waals surface area (Å²) in [5, 5.41) is 7.36. The molecule has 8 heteroatoms. The molecule has 0 aromatic carbocycles. The molecule has 1 N–H and O–H groups in total. The van der Waals surface area contributed by atoms with E-state index in [4.69, 9.17) is 16.0 Å². The van der Waals surface area contributed by atoms with Gasteiger partial charge in [0.15, 0.2) is 5.76 Å². The van der Waals surface area contributed by atoms with Crippen molar-refractivity contribution in [2.45, 2.75) is 6.54 Å². The van der Waals surface area contributed by atoms with Crippen molar-refractivity contribution < 1.29 is 9.21 Å². The lowest BCUT2D eigenvalue weighted by atomic mass is 10.3. The second kappa shape index (κ2) is 6.18. The SMILES string of the molecule is O=C(NCCn1ccn2nc(-c3ccco3)cc12)c1ccc(Cl)s1. The van der Waals surface area contributed by atoms with Gasteiger partial charge >= 0.3 is 0 Å². The van der Waals surface area contributed by atoms with Crippen molar-refractivity contribution in [1.29, 1.82) is 0 Å². The third-order valence-corrected chi connectivity index (χ3v) is 4.84. The molecule has 0 radical (unpaired) electrons. The Bertz CT molecular complexity index is 983. The van der Waals surface area contributed by atoms with Gasteiger partial charge in [0, 0.05) is 31.5 Å². The highest BCUT2D eigenvalue weighted by Crippen LogP contribution is 2.21. The van der Waals surface area contributed by atoms with Gasteiger partial charge in [0.05, 0.1) is 15.5 Å². The van der Waals surface area contributed by atoms with Crippen LogP contribution >= 0.6 is 22.9 Å². The number of fused-ring (bicyclic) bond motifs is 1. The predicted molar refractivity (Wildman–Crippen MR) is 92.5 cm³/mol. The Morgan fingerprint density at radius 2 is 2.25 bits per heavy atom. The number of hydrogen-bond donors (Lipinski definition) is 1. The molecule has 4 rings (SSSR count). The van der Waals surface area contributed by atoms with E-state index in [1.165, 1.54) is 11.3 Å². The smallest absolute Gasteiger partial charge is 0.261 e. The summed E-state index contributed by atoms with van der Waals surface area (Å²) < 4.78 is 9.80. The lowest BCUT2D eigenvalue weighted by Gasteiger charge is -2.05. The third kappa shape index (κ3) is 2.83. The van der Waals surface area contributed by atoms with E-state index in [1.807, 2.05) is 35.2 Å². The van der Waals surface area contributed by atoms with E-state index >= 15 is 0 Å². The Kier molecular flexibility index (Phi) is 3.87. The van der Waals surface area contributed by atoms with Crippen molar-refractivity contribution in [3.05, 3.63) is 58.2 Å². The van der Waals surface area contributed by atoms with Gasteiger partial charge in [-0.05, 0) is 24.3 Å². The summed E-state index contributed by atoms with van der Waals surface area (Å²) in [5.41, 5.74) is 1.72. The molecule has 4 heterocycles.